The molecular weight excluding hydrogens is 432 g/mol. The van der Waals surface area contributed by atoms with Crippen molar-refractivity contribution < 1.29 is 26.9 Å². The first-order valence-electron chi connectivity index (χ1n) is 8.75. The third-order valence-electron chi connectivity index (χ3n) is 4.17. The predicted molar refractivity (Wildman–Crippen MR) is 109 cm³/mol. The first kappa shape index (κ1) is 21.8. The van der Waals surface area contributed by atoms with E-state index in [9.17, 15) is 32.1 Å². The van der Waals surface area contributed by atoms with Crippen LogP contribution in [0.2, 0.25) is 0 Å². The Morgan fingerprint density at radius 3 is 2.19 bits per heavy atom. The van der Waals surface area contributed by atoms with Crippen molar-refractivity contribution in [2.24, 2.45) is 0 Å². The Hall–Kier alpha value is -3.86. The van der Waals surface area contributed by atoms with Gasteiger partial charge in [-0.05, 0) is 36.4 Å². The number of benzene rings is 3. The van der Waals surface area contributed by atoms with Crippen LogP contribution < -0.4 is 9.62 Å². The smallest absolute Gasteiger partial charge is 0.269 e. The van der Waals surface area contributed by atoms with Crippen LogP contribution in [0.5, 0.6) is 0 Å². The first-order chi connectivity index (χ1) is 14.7. The molecule has 8 nitrogen and oxygen atoms in total. The predicted octanol–water partition coefficient (Wildman–Crippen LogP) is 3.71. The van der Waals surface area contributed by atoms with Crippen LogP contribution in [0.3, 0.4) is 0 Å². The van der Waals surface area contributed by atoms with Gasteiger partial charge in [0.05, 0.1) is 15.5 Å². The van der Waals surface area contributed by atoms with Crippen molar-refractivity contribution in [2.45, 2.75) is 4.90 Å². The Morgan fingerprint density at radius 2 is 1.61 bits per heavy atom. The van der Waals surface area contributed by atoms with E-state index in [0.717, 1.165) is 34.6 Å². The number of non-ortho nitro benzene ring substituents is 1. The van der Waals surface area contributed by atoms with Crippen LogP contribution in [0.1, 0.15) is 0 Å². The van der Waals surface area contributed by atoms with E-state index >= 15 is 0 Å². The van der Waals surface area contributed by atoms with Crippen molar-refractivity contribution in [3.05, 3.63) is 94.5 Å². The highest BCUT2D eigenvalue weighted by Crippen LogP contribution is 2.26. The van der Waals surface area contributed by atoms with Gasteiger partial charge in [0.15, 0.2) is 11.6 Å². The topological polar surface area (TPSA) is 110 Å². The fourth-order valence-electron chi connectivity index (χ4n) is 2.68. The lowest BCUT2D eigenvalue weighted by molar-refractivity contribution is -0.384. The average Bonchev–Trinajstić information content (AvgIpc) is 2.75. The second-order valence-corrected chi connectivity index (χ2v) is 8.14. The van der Waals surface area contributed by atoms with E-state index in [2.05, 4.69) is 5.32 Å². The van der Waals surface area contributed by atoms with Gasteiger partial charge in [0.2, 0.25) is 5.91 Å². The highest BCUT2D eigenvalue weighted by molar-refractivity contribution is 7.92. The molecule has 0 spiro atoms. The monoisotopic (exact) mass is 447 g/mol. The molecule has 0 saturated heterocycles. The van der Waals surface area contributed by atoms with Gasteiger partial charge in [-0.15, -0.1) is 0 Å². The SMILES string of the molecule is O=C(CN(c1ccc([N+](=O)[O-])cc1)S(=O)(=O)c1ccccc1)Nc1ccc(F)c(F)c1. The van der Waals surface area contributed by atoms with E-state index < -0.39 is 39.0 Å². The van der Waals surface area contributed by atoms with E-state index in [-0.39, 0.29) is 22.0 Å². The summed E-state index contributed by atoms with van der Waals surface area (Å²) >= 11 is 0. The molecule has 0 aromatic heterocycles. The number of nitro groups is 1. The maximum absolute atomic E-state index is 13.4. The molecule has 3 rings (SSSR count). The van der Waals surface area contributed by atoms with Crippen LogP contribution in [0.25, 0.3) is 0 Å². The number of halogens is 2. The summed E-state index contributed by atoms with van der Waals surface area (Å²) in [7, 11) is -4.22. The van der Waals surface area contributed by atoms with Crippen molar-refractivity contribution >= 4 is 33.0 Å². The molecule has 0 aliphatic heterocycles. The maximum atomic E-state index is 13.4. The van der Waals surface area contributed by atoms with Gasteiger partial charge < -0.3 is 5.32 Å². The Kier molecular flexibility index (Phi) is 6.25. The van der Waals surface area contributed by atoms with Crippen molar-refractivity contribution in [1.82, 2.24) is 0 Å². The summed E-state index contributed by atoms with van der Waals surface area (Å²) in [5, 5.41) is 13.2. The third kappa shape index (κ3) is 5.01. The minimum absolute atomic E-state index is 0.00916. The number of amides is 1. The quantitative estimate of drug-likeness (QED) is 0.439. The third-order valence-corrected chi connectivity index (χ3v) is 5.96. The standard InChI is InChI=1S/C20H15F2N3O5S/c21-18-11-6-14(12-19(18)22)23-20(26)13-24(15-7-9-16(10-8-15)25(27)28)31(29,30)17-4-2-1-3-5-17/h1-12H,13H2,(H,23,26). The molecular formula is C20H15F2N3O5S. The molecule has 0 aliphatic carbocycles. The normalized spacial score (nSPS) is 11.0. The summed E-state index contributed by atoms with van der Waals surface area (Å²) in [5.41, 5.74) is -0.313. The van der Waals surface area contributed by atoms with E-state index in [1.165, 1.54) is 36.4 Å². The van der Waals surface area contributed by atoms with E-state index in [0.29, 0.717) is 0 Å². The second kappa shape index (κ2) is 8.88. The van der Waals surface area contributed by atoms with Gasteiger partial charge >= 0.3 is 0 Å². The summed E-state index contributed by atoms with van der Waals surface area (Å²) in [6, 6.07) is 14.6. The molecule has 31 heavy (non-hydrogen) atoms. The van der Waals surface area contributed by atoms with Gasteiger partial charge in [0.1, 0.15) is 6.54 Å². The number of rotatable bonds is 7. The number of sulfonamides is 1. The van der Waals surface area contributed by atoms with Gasteiger partial charge in [-0.1, -0.05) is 18.2 Å². The Labute approximate surface area is 175 Å². The lowest BCUT2D eigenvalue weighted by Crippen LogP contribution is -2.38. The highest BCUT2D eigenvalue weighted by atomic mass is 32.2. The molecule has 11 heteroatoms. The number of nitrogens with zero attached hydrogens (tertiary/aromatic N) is 2. The van der Waals surface area contributed by atoms with Gasteiger partial charge in [0.25, 0.3) is 15.7 Å². The molecule has 0 unspecified atom stereocenters. The lowest BCUT2D eigenvalue weighted by Gasteiger charge is -2.24. The van der Waals surface area contributed by atoms with Crippen molar-refractivity contribution in [2.75, 3.05) is 16.2 Å². The summed E-state index contributed by atoms with van der Waals surface area (Å²) in [4.78, 5) is 22.6. The first-order valence-corrected chi connectivity index (χ1v) is 10.2. The Balaban J connectivity index is 1.94. The zero-order valence-electron chi connectivity index (χ0n) is 15.7. The minimum Gasteiger partial charge on any atom is -0.324 e. The number of hydrogen-bond donors (Lipinski definition) is 1. The lowest BCUT2D eigenvalue weighted by atomic mass is 10.2. The number of carbonyl (C=O) groups excluding carboxylic acids is 1. The molecule has 3 aromatic rings. The fraction of sp³-hybridized carbons (Fsp3) is 0.0500. The van der Waals surface area contributed by atoms with Crippen LogP contribution >= 0.6 is 0 Å². The molecule has 1 N–H and O–H groups in total. The van der Waals surface area contributed by atoms with Crippen LogP contribution in [0, 0.1) is 21.7 Å². The number of nitrogens with one attached hydrogen (secondary N) is 1. The van der Waals surface area contributed by atoms with Gasteiger partial charge in [-0.2, -0.15) is 0 Å². The van der Waals surface area contributed by atoms with E-state index in [1.54, 1.807) is 6.07 Å². The molecule has 160 valence electrons. The molecule has 0 atom stereocenters. The number of carbonyl (C=O) groups is 1. The van der Waals surface area contributed by atoms with Crippen molar-refractivity contribution in [3.63, 3.8) is 0 Å². The molecule has 0 bridgehead atoms. The molecule has 3 aromatic carbocycles. The summed E-state index contributed by atoms with van der Waals surface area (Å²) in [5.74, 6) is -3.11. The Bertz CT molecular complexity index is 1220. The summed E-state index contributed by atoms with van der Waals surface area (Å²) in [6.07, 6.45) is 0. The zero-order chi connectivity index (χ0) is 22.6. The molecule has 0 fully saturated rings. The molecule has 0 heterocycles. The number of nitro benzene ring substituents is 1. The van der Waals surface area contributed by atoms with Crippen LogP contribution in [-0.2, 0) is 14.8 Å². The molecule has 0 aliphatic rings. The fourth-order valence-corrected chi connectivity index (χ4v) is 4.12. The summed E-state index contributed by atoms with van der Waals surface area (Å²) in [6.45, 7) is -0.714. The van der Waals surface area contributed by atoms with Crippen molar-refractivity contribution in [3.8, 4) is 0 Å². The Morgan fingerprint density at radius 1 is 0.968 bits per heavy atom. The van der Waals surface area contributed by atoms with E-state index in [4.69, 9.17) is 0 Å². The highest BCUT2D eigenvalue weighted by Gasteiger charge is 2.27. The molecule has 0 radical (unpaired) electrons. The van der Waals surface area contributed by atoms with Crippen LogP contribution in [0.4, 0.5) is 25.8 Å². The van der Waals surface area contributed by atoms with Crippen molar-refractivity contribution in [1.29, 1.82) is 0 Å². The number of anilines is 2. The van der Waals surface area contributed by atoms with E-state index in [1.807, 2.05) is 0 Å². The van der Waals surface area contributed by atoms with Gasteiger partial charge in [-0.3, -0.25) is 19.2 Å². The van der Waals surface area contributed by atoms with Gasteiger partial charge in [-0.25, -0.2) is 17.2 Å². The average molecular weight is 447 g/mol. The minimum atomic E-state index is -4.22. The molecule has 1 amide bonds. The molecule has 0 saturated carbocycles. The largest absolute Gasteiger partial charge is 0.324 e. The number of hydrogen-bond acceptors (Lipinski definition) is 5. The summed E-state index contributed by atoms with van der Waals surface area (Å²) < 4.78 is 53.5. The second-order valence-electron chi connectivity index (χ2n) is 6.28. The maximum Gasteiger partial charge on any atom is 0.269 e. The van der Waals surface area contributed by atoms with Crippen LogP contribution in [0.15, 0.2) is 77.7 Å². The van der Waals surface area contributed by atoms with Crippen LogP contribution in [-0.4, -0.2) is 25.8 Å². The van der Waals surface area contributed by atoms with Gasteiger partial charge in [0, 0.05) is 23.9 Å². The zero-order valence-corrected chi connectivity index (χ0v) is 16.6.